The maximum Gasteiger partial charge on any atom is 0.254 e. The average Bonchev–Trinajstić information content (AvgIpc) is 2.74. The van der Waals surface area contributed by atoms with Crippen LogP contribution in [-0.2, 0) is 0 Å². The van der Waals surface area contributed by atoms with Crippen molar-refractivity contribution in [3.63, 3.8) is 0 Å². The molecule has 1 amide bonds. The van der Waals surface area contributed by atoms with E-state index in [4.69, 9.17) is 0 Å². The molecule has 1 aromatic carbocycles. The summed E-state index contributed by atoms with van der Waals surface area (Å²) in [6.07, 6.45) is -0.556. The molecule has 0 bridgehead atoms. The minimum atomic E-state index is -0.556. The lowest BCUT2D eigenvalue weighted by Crippen LogP contribution is -2.44. The fourth-order valence-corrected chi connectivity index (χ4v) is 2.25. The Balaban J connectivity index is 2.20. The number of likely N-dealkylation sites (N-methyl/N-ethyl adjacent to an activating group) is 1. The van der Waals surface area contributed by atoms with Crippen LogP contribution in [0.4, 0.5) is 4.39 Å². The molecule has 1 heterocycles. The van der Waals surface area contributed by atoms with Crippen LogP contribution >= 0.6 is 0 Å². The van der Waals surface area contributed by atoms with Crippen LogP contribution in [0.5, 0.6) is 0 Å². The molecular weight excluding hydrogens is 235 g/mol. The minimum Gasteiger partial charge on any atom is -0.390 e. The largest absolute Gasteiger partial charge is 0.390 e. The molecule has 0 spiro atoms. The van der Waals surface area contributed by atoms with E-state index in [1.54, 1.807) is 14.0 Å². The summed E-state index contributed by atoms with van der Waals surface area (Å²) in [6.45, 7) is 2.77. The second-order valence-electron chi connectivity index (χ2n) is 4.67. The summed E-state index contributed by atoms with van der Waals surface area (Å²) < 4.78 is 13.0. The molecule has 0 radical (unpaired) electrons. The zero-order chi connectivity index (χ0) is 13.3. The van der Waals surface area contributed by atoms with Gasteiger partial charge in [-0.2, -0.15) is 0 Å². The number of nitrogens with one attached hydrogen (secondary N) is 1. The van der Waals surface area contributed by atoms with Gasteiger partial charge in [-0.1, -0.05) is 0 Å². The highest BCUT2D eigenvalue weighted by Gasteiger charge is 2.31. The van der Waals surface area contributed by atoms with Crippen molar-refractivity contribution >= 4 is 5.91 Å². The van der Waals surface area contributed by atoms with Crippen molar-refractivity contribution in [3.05, 3.63) is 35.1 Å². The Bertz CT molecular complexity index is 464. The van der Waals surface area contributed by atoms with Crippen molar-refractivity contribution in [1.29, 1.82) is 0 Å². The summed E-state index contributed by atoms with van der Waals surface area (Å²) in [5.74, 6) is -0.547. The van der Waals surface area contributed by atoms with Gasteiger partial charge in [0.1, 0.15) is 5.82 Å². The highest BCUT2D eigenvalue weighted by Crippen LogP contribution is 2.16. The van der Waals surface area contributed by atoms with Crippen LogP contribution in [0.25, 0.3) is 0 Å². The van der Waals surface area contributed by atoms with Crippen LogP contribution in [0, 0.1) is 12.7 Å². The normalized spacial score (nSPS) is 23.1. The molecule has 1 aliphatic heterocycles. The SMILES string of the molecule is Cc1cc(F)ccc1C(=O)N(C)[C@H]1CNC[C@@H]1O. The lowest BCUT2D eigenvalue weighted by atomic mass is 10.1. The second-order valence-corrected chi connectivity index (χ2v) is 4.67. The third-order valence-electron chi connectivity index (χ3n) is 3.39. The lowest BCUT2D eigenvalue weighted by molar-refractivity contribution is 0.0580. The Kier molecular flexibility index (Phi) is 3.63. The Labute approximate surface area is 105 Å². The molecule has 18 heavy (non-hydrogen) atoms. The van der Waals surface area contributed by atoms with E-state index in [2.05, 4.69) is 5.32 Å². The number of aliphatic hydroxyl groups is 1. The van der Waals surface area contributed by atoms with Crippen LogP contribution in [0.1, 0.15) is 15.9 Å². The van der Waals surface area contributed by atoms with Crippen LogP contribution < -0.4 is 5.32 Å². The van der Waals surface area contributed by atoms with Crippen molar-refractivity contribution in [3.8, 4) is 0 Å². The zero-order valence-electron chi connectivity index (χ0n) is 10.5. The van der Waals surface area contributed by atoms with E-state index < -0.39 is 6.10 Å². The van der Waals surface area contributed by atoms with Crippen molar-refractivity contribution < 1.29 is 14.3 Å². The van der Waals surface area contributed by atoms with E-state index >= 15 is 0 Å². The number of hydrogen-bond donors (Lipinski definition) is 2. The number of amides is 1. The third kappa shape index (κ3) is 2.37. The molecule has 5 heteroatoms. The maximum atomic E-state index is 13.0. The molecule has 0 unspecified atom stereocenters. The van der Waals surface area contributed by atoms with Gasteiger partial charge < -0.3 is 15.3 Å². The molecular formula is C13H17FN2O2. The van der Waals surface area contributed by atoms with Crippen molar-refractivity contribution in [2.24, 2.45) is 0 Å². The van der Waals surface area contributed by atoms with Gasteiger partial charge in [-0.15, -0.1) is 0 Å². The number of aryl methyl sites for hydroxylation is 1. The van der Waals surface area contributed by atoms with E-state index in [1.807, 2.05) is 0 Å². The number of carbonyl (C=O) groups excluding carboxylic acids is 1. The van der Waals surface area contributed by atoms with Crippen LogP contribution in [-0.4, -0.2) is 48.2 Å². The molecule has 1 aliphatic rings. The summed E-state index contributed by atoms with van der Waals surface area (Å²) in [5, 5.41) is 12.8. The summed E-state index contributed by atoms with van der Waals surface area (Å²) >= 11 is 0. The molecule has 0 aliphatic carbocycles. The van der Waals surface area contributed by atoms with Gasteiger partial charge in [0.05, 0.1) is 12.1 Å². The number of β-amino-alcohol motifs (C(OH)–C–C–N with tert-alkyl or cyclic N) is 1. The molecule has 4 nitrogen and oxygen atoms in total. The minimum absolute atomic E-state index is 0.194. The van der Waals surface area contributed by atoms with E-state index in [1.165, 1.54) is 23.1 Å². The summed E-state index contributed by atoms with van der Waals surface area (Å²) in [7, 11) is 1.66. The van der Waals surface area contributed by atoms with Gasteiger partial charge in [0.15, 0.2) is 0 Å². The maximum absolute atomic E-state index is 13.0. The van der Waals surface area contributed by atoms with Crippen LogP contribution in [0.15, 0.2) is 18.2 Å². The van der Waals surface area contributed by atoms with Crippen molar-refractivity contribution in [2.45, 2.75) is 19.1 Å². The first-order valence-electron chi connectivity index (χ1n) is 5.93. The lowest BCUT2D eigenvalue weighted by Gasteiger charge is -2.27. The highest BCUT2D eigenvalue weighted by atomic mass is 19.1. The first-order valence-corrected chi connectivity index (χ1v) is 5.93. The van der Waals surface area contributed by atoms with E-state index in [0.717, 1.165) is 0 Å². The highest BCUT2D eigenvalue weighted by molar-refractivity contribution is 5.95. The van der Waals surface area contributed by atoms with Gasteiger partial charge in [-0.25, -0.2) is 4.39 Å². The predicted octanol–water partition coefficient (Wildman–Crippen LogP) is 0.539. The number of carbonyl (C=O) groups is 1. The number of rotatable bonds is 2. The van der Waals surface area contributed by atoms with Crippen molar-refractivity contribution in [2.75, 3.05) is 20.1 Å². The summed E-state index contributed by atoms with van der Waals surface area (Å²) in [4.78, 5) is 13.8. The Morgan fingerprint density at radius 3 is 2.78 bits per heavy atom. The first kappa shape index (κ1) is 13.0. The quantitative estimate of drug-likeness (QED) is 0.807. The number of nitrogens with zero attached hydrogens (tertiary/aromatic N) is 1. The standard InChI is InChI=1S/C13H17FN2O2/c1-8-5-9(14)3-4-10(8)13(18)16(2)11-6-15-7-12(11)17/h3-5,11-12,15,17H,6-7H2,1-2H3/t11-,12-/m0/s1. The van der Waals surface area contributed by atoms with Crippen LogP contribution in [0.3, 0.4) is 0 Å². The molecule has 98 valence electrons. The van der Waals surface area contributed by atoms with Crippen LogP contribution in [0.2, 0.25) is 0 Å². The average molecular weight is 252 g/mol. The van der Waals surface area contributed by atoms with E-state index in [0.29, 0.717) is 24.2 Å². The van der Waals surface area contributed by atoms with Gasteiger partial charge in [0, 0.05) is 25.7 Å². The number of aliphatic hydroxyl groups excluding tert-OH is 1. The van der Waals surface area contributed by atoms with Gasteiger partial charge in [0.25, 0.3) is 5.91 Å². The zero-order valence-corrected chi connectivity index (χ0v) is 10.5. The Morgan fingerprint density at radius 1 is 1.50 bits per heavy atom. The smallest absolute Gasteiger partial charge is 0.254 e. The monoisotopic (exact) mass is 252 g/mol. The molecule has 1 aromatic rings. The van der Waals surface area contributed by atoms with Gasteiger partial charge in [-0.05, 0) is 30.7 Å². The van der Waals surface area contributed by atoms with E-state index in [-0.39, 0.29) is 17.8 Å². The second kappa shape index (κ2) is 5.04. The molecule has 1 saturated heterocycles. The van der Waals surface area contributed by atoms with Gasteiger partial charge in [-0.3, -0.25) is 4.79 Å². The Hall–Kier alpha value is -1.46. The number of hydrogen-bond acceptors (Lipinski definition) is 3. The fraction of sp³-hybridized carbons (Fsp3) is 0.462. The topological polar surface area (TPSA) is 52.6 Å². The third-order valence-corrected chi connectivity index (χ3v) is 3.39. The molecule has 2 rings (SSSR count). The predicted molar refractivity (Wildman–Crippen MR) is 65.9 cm³/mol. The molecule has 2 N–H and O–H groups in total. The molecule has 2 atom stereocenters. The first-order chi connectivity index (χ1) is 8.50. The molecule has 0 saturated carbocycles. The molecule has 0 aromatic heterocycles. The fourth-order valence-electron chi connectivity index (χ4n) is 2.25. The summed E-state index contributed by atoms with van der Waals surface area (Å²) in [6, 6.07) is 3.86. The van der Waals surface area contributed by atoms with Gasteiger partial charge in [0.2, 0.25) is 0 Å². The Morgan fingerprint density at radius 2 is 2.22 bits per heavy atom. The number of halogens is 1. The summed E-state index contributed by atoms with van der Waals surface area (Å²) in [5.41, 5.74) is 1.07. The van der Waals surface area contributed by atoms with E-state index in [9.17, 15) is 14.3 Å². The molecule has 1 fully saturated rings. The van der Waals surface area contributed by atoms with Crippen molar-refractivity contribution in [1.82, 2.24) is 10.2 Å². The number of benzene rings is 1. The van der Waals surface area contributed by atoms with Gasteiger partial charge >= 0.3 is 0 Å².